The number of likely N-dealkylation sites (N-methyl/N-ethyl adjacent to an activating group) is 1. The van der Waals surface area contributed by atoms with E-state index in [1.165, 1.54) is 7.05 Å². The maximum atomic E-state index is 14.9. The molecule has 0 saturated carbocycles. The van der Waals surface area contributed by atoms with E-state index < -0.39 is 59.5 Å². The average molecular weight is 486 g/mol. The number of piperazine rings is 1. The van der Waals surface area contributed by atoms with Crippen LogP contribution in [0, 0.1) is 23.5 Å². The first-order chi connectivity index (χ1) is 16.6. The van der Waals surface area contributed by atoms with E-state index in [9.17, 15) is 28.3 Å². The van der Waals surface area contributed by atoms with Crippen molar-refractivity contribution in [3.63, 3.8) is 0 Å². The zero-order chi connectivity index (χ0) is 25.4. The molecule has 1 heterocycles. The van der Waals surface area contributed by atoms with E-state index >= 15 is 0 Å². The van der Waals surface area contributed by atoms with E-state index in [1.807, 2.05) is 26.0 Å². The van der Waals surface area contributed by atoms with Crippen molar-refractivity contribution in [3.8, 4) is 0 Å². The van der Waals surface area contributed by atoms with Crippen LogP contribution >= 0.6 is 0 Å². The first kappa shape index (κ1) is 24.8. The van der Waals surface area contributed by atoms with E-state index in [0.717, 1.165) is 22.6 Å². The predicted molar refractivity (Wildman–Crippen MR) is 124 cm³/mol. The molecule has 0 aromatic heterocycles. The molecule has 2 aliphatic rings. The predicted octanol–water partition coefficient (Wildman–Crippen LogP) is 2.40. The monoisotopic (exact) mass is 485 g/mol. The number of nitrogens with one attached hydrogen (secondary N) is 2. The van der Waals surface area contributed by atoms with Gasteiger partial charge in [-0.25, -0.2) is 8.78 Å². The van der Waals surface area contributed by atoms with Crippen molar-refractivity contribution in [3.05, 3.63) is 70.8 Å². The summed E-state index contributed by atoms with van der Waals surface area (Å²) in [5, 5.41) is 16.2. The van der Waals surface area contributed by atoms with Crippen LogP contribution in [-0.2, 0) is 20.8 Å². The molecule has 5 atom stereocenters. The first-order valence-corrected chi connectivity index (χ1v) is 11.7. The molecule has 9 heteroatoms. The SMILES string of the molecule is CNC(=O)[C@@H](c1ccc(F)cc1F)N1C(=O)[C@@H]([C@H]2Cc3ccccc3C2O)NC(=O)[C@H]1CC(C)C. The second-order valence-corrected chi connectivity index (χ2v) is 9.57. The van der Waals surface area contributed by atoms with Crippen LogP contribution < -0.4 is 10.6 Å². The summed E-state index contributed by atoms with van der Waals surface area (Å²) < 4.78 is 28.6. The van der Waals surface area contributed by atoms with Gasteiger partial charge in [-0.05, 0) is 36.0 Å². The van der Waals surface area contributed by atoms with Crippen LogP contribution in [0.25, 0.3) is 0 Å². The van der Waals surface area contributed by atoms with E-state index in [4.69, 9.17) is 0 Å². The van der Waals surface area contributed by atoms with Gasteiger partial charge in [-0.1, -0.05) is 44.2 Å². The lowest BCUT2D eigenvalue weighted by Gasteiger charge is -2.45. The largest absolute Gasteiger partial charge is 0.388 e. The van der Waals surface area contributed by atoms with Crippen LogP contribution in [0.5, 0.6) is 0 Å². The van der Waals surface area contributed by atoms with Gasteiger partial charge in [-0.15, -0.1) is 0 Å². The highest BCUT2D eigenvalue weighted by atomic mass is 19.1. The lowest BCUT2D eigenvalue weighted by Crippen LogP contribution is -2.67. The number of hydrogen-bond acceptors (Lipinski definition) is 4. The van der Waals surface area contributed by atoms with Crippen molar-refractivity contribution >= 4 is 17.7 Å². The fourth-order valence-corrected chi connectivity index (χ4v) is 5.20. The maximum Gasteiger partial charge on any atom is 0.247 e. The van der Waals surface area contributed by atoms with Gasteiger partial charge in [0.1, 0.15) is 29.8 Å². The van der Waals surface area contributed by atoms with Gasteiger partial charge in [0, 0.05) is 24.6 Å². The summed E-state index contributed by atoms with van der Waals surface area (Å²) in [5.41, 5.74) is 1.34. The number of rotatable bonds is 6. The second kappa shape index (κ2) is 9.73. The van der Waals surface area contributed by atoms with Gasteiger partial charge < -0.3 is 20.6 Å². The van der Waals surface area contributed by atoms with Crippen molar-refractivity contribution in [2.24, 2.45) is 11.8 Å². The molecule has 1 aliphatic carbocycles. The minimum Gasteiger partial charge on any atom is -0.388 e. The molecule has 0 bridgehead atoms. The number of carbonyl (C=O) groups excluding carboxylic acids is 3. The Morgan fingerprint density at radius 3 is 2.54 bits per heavy atom. The molecule has 35 heavy (non-hydrogen) atoms. The van der Waals surface area contributed by atoms with Crippen LogP contribution in [0.2, 0.25) is 0 Å². The van der Waals surface area contributed by atoms with Crippen LogP contribution in [0.1, 0.15) is 49.1 Å². The molecule has 0 spiro atoms. The molecule has 1 aliphatic heterocycles. The zero-order valence-corrected chi connectivity index (χ0v) is 19.8. The molecule has 7 nitrogen and oxygen atoms in total. The maximum absolute atomic E-state index is 14.9. The van der Waals surface area contributed by atoms with E-state index in [1.54, 1.807) is 12.1 Å². The molecule has 186 valence electrons. The highest BCUT2D eigenvalue weighted by Gasteiger charge is 2.51. The summed E-state index contributed by atoms with van der Waals surface area (Å²) in [6, 6.07) is 6.35. The third-order valence-corrected chi connectivity index (χ3v) is 6.84. The number of benzene rings is 2. The standard InChI is InChI=1S/C26H29F2N3O4/c1-13(2)10-20-24(33)30-21(18-11-14-6-4-5-7-16(14)23(18)32)26(35)31(20)22(25(34)29-3)17-9-8-15(27)12-19(17)28/h4-9,12-13,18,20-23,32H,10-11H2,1-3H3,(H,29,34)(H,30,33)/t18-,20-,21-,22-,23?/m1/s1. The number of halogens is 2. The Morgan fingerprint density at radius 2 is 1.91 bits per heavy atom. The van der Waals surface area contributed by atoms with Crippen molar-refractivity contribution < 1.29 is 28.3 Å². The lowest BCUT2D eigenvalue weighted by molar-refractivity contribution is -0.159. The molecule has 1 saturated heterocycles. The smallest absolute Gasteiger partial charge is 0.247 e. The van der Waals surface area contributed by atoms with E-state index in [2.05, 4.69) is 10.6 Å². The molecule has 2 aromatic rings. The van der Waals surface area contributed by atoms with Gasteiger partial charge in [0.25, 0.3) is 0 Å². The van der Waals surface area contributed by atoms with Crippen molar-refractivity contribution in [2.45, 2.75) is 50.9 Å². The third kappa shape index (κ3) is 4.52. The Kier molecular flexibility index (Phi) is 6.89. The number of aliphatic hydroxyl groups is 1. The molecule has 0 radical (unpaired) electrons. The zero-order valence-electron chi connectivity index (χ0n) is 19.8. The summed E-state index contributed by atoms with van der Waals surface area (Å²) in [4.78, 5) is 41.5. The second-order valence-electron chi connectivity index (χ2n) is 9.57. The first-order valence-electron chi connectivity index (χ1n) is 11.7. The van der Waals surface area contributed by atoms with Crippen LogP contribution in [0.15, 0.2) is 42.5 Å². The lowest BCUT2D eigenvalue weighted by atomic mass is 9.87. The number of fused-ring (bicyclic) bond motifs is 1. The van der Waals surface area contributed by atoms with Crippen LogP contribution in [0.4, 0.5) is 8.78 Å². The summed E-state index contributed by atoms with van der Waals surface area (Å²) in [6.45, 7) is 3.74. The normalized spacial score (nSPS) is 24.8. The topological polar surface area (TPSA) is 98.7 Å². The summed E-state index contributed by atoms with van der Waals surface area (Å²) in [5.74, 6) is -4.29. The average Bonchev–Trinajstić information content (AvgIpc) is 3.15. The third-order valence-electron chi connectivity index (χ3n) is 6.84. The number of amides is 3. The van der Waals surface area contributed by atoms with E-state index in [-0.39, 0.29) is 17.9 Å². The van der Waals surface area contributed by atoms with Gasteiger partial charge in [0.15, 0.2) is 0 Å². The molecule has 2 aromatic carbocycles. The number of carbonyl (C=O) groups is 3. The molecule has 1 fully saturated rings. The van der Waals surface area contributed by atoms with Gasteiger partial charge in [-0.2, -0.15) is 0 Å². The molecule has 3 amide bonds. The Morgan fingerprint density at radius 1 is 1.20 bits per heavy atom. The van der Waals surface area contributed by atoms with Crippen molar-refractivity contribution in [1.29, 1.82) is 0 Å². The Balaban J connectivity index is 1.79. The minimum atomic E-state index is -1.49. The fourth-order valence-electron chi connectivity index (χ4n) is 5.20. The summed E-state index contributed by atoms with van der Waals surface area (Å²) >= 11 is 0. The number of nitrogens with zero attached hydrogens (tertiary/aromatic N) is 1. The minimum absolute atomic E-state index is 0.0256. The molecular weight excluding hydrogens is 456 g/mol. The number of hydrogen-bond donors (Lipinski definition) is 3. The van der Waals surface area contributed by atoms with Crippen molar-refractivity contribution in [1.82, 2.24) is 15.5 Å². The number of aliphatic hydroxyl groups excluding tert-OH is 1. The van der Waals surface area contributed by atoms with E-state index in [0.29, 0.717) is 18.1 Å². The fraction of sp³-hybridized carbons (Fsp3) is 0.423. The van der Waals surface area contributed by atoms with Crippen molar-refractivity contribution in [2.75, 3.05) is 7.05 Å². The van der Waals surface area contributed by atoms with Crippen LogP contribution in [0.3, 0.4) is 0 Å². The van der Waals surface area contributed by atoms with Gasteiger partial charge in [0.2, 0.25) is 17.7 Å². The Labute approximate surface area is 202 Å². The molecular formula is C26H29F2N3O4. The molecule has 1 unspecified atom stereocenters. The highest BCUT2D eigenvalue weighted by molar-refractivity contribution is 6.00. The highest BCUT2D eigenvalue weighted by Crippen LogP contribution is 2.41. The van der Waals surface area contributed by atoms with Gasteiger partial charge in [-0.3, -0.25) is 14.4 Å². The molecule has 3 N–H and O–H groups in total. The molecule has 4 rings (SSSR count). The summed E-state index contributed by atoms with van der Waals surface area (Å²) in [7, 11) is 1.34. The van der Waals surface area contributed by atoms with Gasteiger partial charge in [0.05, 0.1) is 6.10 Å². The summed E-state index contributed by atoms with van der Waals surface area (Å²) in [6.07, 6.45) is -0.412. The van der Waals surface area contributed by atoms with Crippen LogP contribution in [-0.4, -0.2) is 46.9 Å². The Bertz CT molecular complexity index is 1160. The quantitative estimate of drug-likeness (QED) is 0.585. The Hall–Kier alpha value is -3.33. The van der Waals surface area contributed by atoms with Gasteiger partial charge >= 0.3 is 0 Å².